The summed E-state index contributed by atoms with van der Waals surface area (Å²) in [6.45, 7) is 5.22. The zero-order chi connectivity index (χ0) is 15.7. The summed E-state index contributed by atoms with van der Waals surface area (Å²) < 4.78 is 5.65. The molecule has 0 bridgehead atoms. The van der Waals surface area contributed by atoms with Crippen molar-refractivity contribution in [3.63, 3.8) is 0 Å². The van der Waals surface area contributed by atoms with Crippen LogP contribution in [-0.2, 0) is 9.53 Å². The SMILES string of the molecule is CC1CN(C(=O)CSC2=NC(=O)N=C3CCCC32)CC(C)O1. The minimum absolute atomic E-state index is 0.0693. The van der Waals surface area contributed by atoms with E-state index in [4.69, 9.17) is 4.74 Å². The lowest BCUT2D eigenvalue weighted by Crippen LogP contribution is -2.48. The number of ether oxygens (including phenoxy) is 1. The van der Waals surface area contributed by atoms with E-state index < -0.39 is 6.03 Å². The number of nitrogens with zero attached hydrogens (tertiary/aromatic N) is 3. The van der Waals surface area contributed by atoms with Crippen LogP contribution in [0.4, 0.5) is 4.79 Å². The molecule has 22 heavy (non-hydrogen) atoms. The highest BCUT2D eigenvalue weighted by molar-refractivity contribution is 8.14. The molecule has 3 rings (SSSR count). The van der Waals surface area contributed by atoms with Crippen LogP contribution in [0.3, 0.4) is 0 Å². The summed E-state index contributed by atoms with van der Waals surface area (Å²) in [4.78, 5) is 33.8. The van der Waals surface area contributed by atoms with Crippen molar-refractivity contribution in [3.05, 3.63) is 0 Å². The lowest BCUT2D eigenvalue weighted by Gasteiger charge is -2.35. The molecule has 120 valence electrons. The Balaban J connectivity index is 1.58. The molecule has 7 heteroatoms. The molecule has 0 aromatic heterocycles. The second kappa shape index (κ2) is 6.50. The number of rotatable bonds is 2. The first kappa shape index (κ1) is 15.7. The number of carbonyl (C=O) groups is 2. The fourth-order valence-corrected chi connectivity index (χ4v) is 4.34. The summed E-state index contributed by atoms with van der Waals surface area (Å²) in [5.41, 5.74) is 0.948. The van der Waals surface area contributed by atoms with E-state index in [2.05, 4.69) is 9.98 Å². The average Bonchev–Trinajstić information content (AvgIpc) is 2.91. The van der Waals surface area contributed by atoms with Gasteiger partial charge in [0.05, 0.1) is 23.0 Å². The number of thioether (sulfide) groups is 1. The number of fused-ring (bicyclic) bond motifs is 1. The molecular formula is C15H21N3O3S. The van der Waals surface area contributed by atoms with E-state index >= 15 is 0 Å². The summed E-state index contributed by atoms with van der Waals surface area (Å²) >= 11 is 1.40. The lowest BCUT2D eigenvalue weighted by molar-refractivity contribution is -0.140. The highest BCUT2D eigenvalue weighted by Crippen LogP contribution is 2.31. The number of amides is 3. The van der Waals surface area contributed by atoms with Crippen molar-refractivity contribution < 1.29 is 14.3 Å². The zero-order valence-electron chi connectivity index (χ0n) is 12.9. The topological polar surface area (TPSA) is 71.3 Å². The van der Waals surface area contributed by atoms with Gasteiger partial charge in [-0.3, -0.25) is 4.79 Å². The van der Waals surface area contributed by atoms with Crippen molar-refractivity contribution in [1.82, 2.24) is 4.90 Å². The van der Waals surface area contributed by atoms with Crippen molar-refractivity contribution in [2.24, 2.45) is 15.9 Å². The molecule has 3 unspecified atom stereocenters. The number of urea groups is 1. The van der Waals surface area contributed by atoms with Gasteiger partial charge < -0.3 is 9.64 Å². The van der Waals surface area contributed by atoms with Crippen LogP contribution < -0.4 is 0 Å². The first-order valence-electron chi connectivity index (χ1n) is 7.79. The predicted octanol–water partition coefficient (Wildman–Crippen LogP) is 2.13. The van der Waals surface area contributed by atoms with Crippen molar-refractivity contribution in [2.45, 2.75) is 45.3 Å². The predicted molar refractivity (Wildman–Crippen MR) is 86.7 cm³/mol. The summed E-state index contributed by atoms with van der Waals surface area (Å²) in [5.74, 6) is 0.581. The minimum atomic E-state index is -0.420. The second-order valence-corrected chi connectivity index (χ2v) is 7.12. The van der Waals surface area contributed by atoms with Gasteiger partial charge in [0, 0.05) is 24.7 Å². The molecular weight excluding hydrogens is 302 g/mol. The summed E-state index contributed by atoms with van der Waals surface area (Å²) in [6, 6.07) is -0.420. The summed E-state index contributed by atoms with van der Waals surface area (Å²) in [7, 11) is 0. The van der Waals surface area contributed by atoms with Gasteiger partial charge in [0.1, 0.15) is 0 Å². The van der Waals surface area contributed by atoms with Gasteiger partial charge >= 0.3 is 6.03 Å². The van der Waals surface area contributed by atoms with Crippen LogP contribution in [0.15, 0.2) is 9.98 Å². The Morgan fingerprint density at radius 3 is 2.77 bits per heavy atom. The fraction of sp³-hybridized carbons (Fsp3) is 0.733. The second-order valence-electron chi connectivity index (χ2n) is 6.13. The minimum Gasteiger partial charge on any atom is -0.372 e. The Kier molecular flexibility index (Phi) is 4.63. The number of hydrogen-bond acceptors (Lipinski definition) is 4. The van der Waals surface area contributed by atoms with Gasteiger partial charge in [-0.25, -0.2) is 9.79 Å². The molecule has 0 spiro atoms. The average molecular weight is 323 g/mol. The summed E-state index contributed by atoms with van der Waals surface area (Å²) in [6.07, 6.45) is 3.04. The zero-order valence-corrected chi connectivity index (χ0v) is 13.8. The Morgan fingerprint density at radius 2 is 2.05 bits per heavy atom. The maximum absolute atomic E-state index is 12.4. The van der Waals surface area contributed by atoms with Crippen molar-refractivity contribution in [1.29, 1.82) is 0 Å². The van der Waals surface area contributed by atoms with Crippen LogP contribution in [0, 0.1) is 5.92 Å². The molecule has 0 aromatic carbocycles. The summed E-state index contributed by atoms with van der Waals surface area (Å²) in [5, 5.41) is 0.773. The molecule has 2 aliphatic heterocycles. The van der Waals surface area contributed by atoms with E-state index in [1.165, 1.54) is 11.8 Å². The van der Waals surface area contributed by atoms with Gasteiger partial charge in [0.15, 0.2) is 0 Å². The number of morpholine rings is 1. The van der Waals surface area contributed by atoms with Gasteiger partial charge in [0.25, 0.3) is 0 Å². The standard InChI is InChI=1S/C15H21N3O3S/c1-9-6-18(7-10(2)21-9)13(19)8-22-14-11-4-3-5-12(11)16-15(20)17-14/h9-11H,3-8H2,1-2H3. The van der Waals surface area contributed by atoms with Crippen LogP contribution in [-0.4, -0.2) is 58.6 Å². The van der Waals surface area contributed by atoms with E-state index in [-0.39, 0.29) is 24.0 Å². The Morgan fingerprint density at radius 1 is 1.32 bits per heavy atom. The maximum atomic E-state index is 12.4. The highest BCUT2D eigenvalue weighted by Gasteiger charge is 2.33. The smallest absolute Gasteiger partial charge is 0.367 e. The Labute approximate surface area is 134 Å². The van der Waals surface area contributed by atoms with Gasteiger partial charge in [0.2, 0.25) is 5.91 Å². The number of aliphatic imine (C=N–C) groups is 2. The van der Waals surface area contributed by atoms with Crippen molar-refractivity contribution in [2.75, 3.05) is 18.8 Å². The van der Waals surface area contributed by atoms with Crippen LogP contribution in [0.25, 0.3) is 0 Å². The van der Waals surface area contributed by atoms with Crippen LogP contribution in [0.1, 0.15) is 33.1 Å². The van der Waals surface area contributed by atoms with Crippen molar-refractivity contribution in [3.8, 4) is 0 Å². The van der Waals surface area contributed by atoms with E-state index in [0.29, 0.717) is 18.8 Å². The third kappa shape index (κ3) is 3.41. The van der Waals surface area contributed by atoms with Crippen LogP contribution >= 0.6 is 11.8 Å². The van der Waals surface area contributed by atoms with Crippen LogP contribution in [0.2, 0.25) is 0 Å². The first-order chi connectivity index (χ1) is 10.5. The normalized spacial score (nSPS) is 31.6. The van der Waals surface area contributed by atoms with Gasteiger partial charge in [-0.05, 0) is 33.1 Å². The van der Waals surface area contributed by atoms with E-state index in [9.17, 15) is 9.59 Å². The van der Waals surface area contributed by atoms with E-state index in [1.807, 2.05) is 18.7 Å². The van der Waals surface area contributed by atoms with Gasteiger partial charge in [-0.2, -0.15) is 4.99 Å². The first-order valence-corrected chi connectivity index (χ1v) is 8.77. The molecule has 1 saturated carbocycles. The molecule has 3 aliphatic rings. The molecule has 0 N–H and O–H groups in total. The van der Waals surface area contributed by atoms with E-state index in [1.54, 1.807) is 0 Å². The van der Waals surface area contributed by atoms with Crippen LogP contribution in [0.5, 0.6) is 0 Å². The molecule has 0 radical (unpaired) electrons. The van der Waals surface area contributed by atoms with E-state index in [0.717, 1.165) is 30.0 Å². The third-order valence-corrected chi connectivity index (χ3v) is 5.25. The highest BCUT2D eigenvalue weighted by atomic mass is 32.2. The van der Waals surface area contributed by atoms with Gasteiger partial charge in [-0.15, -0.1) is 0 Å². The molecule has 2 fully saturated rings. The van der Waals surface area contributed by atoms with Gasteiger partial charge in [-0.1, -0.05) is 11.8 Å². The monoisotopic (exact) mass is 323 g/mol. The number of hydrogen-bond donors (Lipinski definition) is 0. The number of carbonyl (C=O) groups excluding carboxylic acids is 2. The van der Waals surface area contributed by atoms with Crippen molar-refractivity contribution >= 4 is 34.5 Å². The quantitative estimate of drug-likeness (QED) is 0.780. The molecule has 1 saturated heterocycles. The maximum Gasteiger partial charge on any atom is 0.367 e. The molecule has 0 aromatic rings. The molecule has 1 aliphatic carbocycles. The molecule has 2 heterocycles. The third-order valence-electron chi connectivity index (χ3n) is 4.19. The fourth-order valence-electron chi connectivity index (χ4n) is 3.29. The Hall–Kier alpha value is -1.21. The Bertz CT molecular complexity index is 536. The lowest BCUT2D eigenvalue weighted by atomic mass is 10.1. The molecule has 3 atom stereocenters. The molecule has 3 amide bonds. The molecule has 6 nitrogen and oxygen atoms in total. The largest absolute Gasteiger partial charge is 0.372 e.